The fraction of sp³-hybridized carbons (Fsp3) is 0.136. The number of carbonyl (C=O) groups excluding carboxylic acids is 1. The monoisotopic (exact) mass is 405 g/mol. The zero-order chi connectivity index (χ0) is 21.3. The molecule has 0 atom stereocenters. The van der Waals surface area contributed by atoms with Crippen LogP contribution in [0.25, 0.3) is 6.08 Å². The van der Waals surface area contributed by atoms with Crippen molar-refractivity contribution in [2.75, 3.05) is 30.6 Å². The average Bonchev–Trinajstić information content (AvgIpc) is 2.78. The molecule has 0 spiro atoms. The number of nitrogens with zero attached hydrogens (tertiary/aromatic N) is 2. The highest BCUT2D eigenvalue weighted by molar-refractivity contribution is 6.03. The first-order chi connectivity index (χ1) is 14.6. The number of hydrogen-bond donors (Lipinski definition) is 3. The van der Waals surface area contributed by atoms with Gasteiger partial charge in [0.1, 0.15) is 0 Å². The van der Waals surface area contributed by atoms with Crippen LogP contribution in [0.3, 0.4) is 0 Å². The van der Waals surface area contributed by atoms with Gasteiger partial charge in [-0.25, -0.2) is 0 Å². The normalized spacial score (nSPS) is 10.6. The minimum absolute atomic E-state index is 0.247. The number of ether oxygens (including phenoxy) is 2. The van der Waals surface area contributed by atoms with Crippen molar-refractivity contribution >= 4 is 29.3 Å². The Balaban J connectivity index is 1.56. The quantitative estimate of drug-likeness (QED) is 0.389. The third kappa shape index (κ3) is 5.71. The summed E-state index contributed by atoms with van der Waals surface area (Å²) in [5.41, 5.74) is 8.86. The van der Waals surface area contributed by atoms with Crippen LogP contribution in [-0.4, -0.2) is 30.1 Å². The lowest BCUT2D eigenvalue weighted by molar-refractivity contribution is -0.111. The van der Waals surface area contributed by atoms with Crippen molar-refractivity contribution in [3.05, 3.63) is 71.8 Å². The number of methoxy groups -OCH3 is 2. The highest BCUT2D eigenvalue weighted by Crippen LogP contribution is 2.18. The number of rotatable bonds is 8. The fourth-order valence-corrected chi connectivity index (χ4v) is 2.58. The molecular formula is C22H23N5O3. The summed E-state index contributed by atoms with van der Waals surface area (Å²) in [5.74, 6) is 0.996. The van der Waals surface area contributed by atoms with Gasteiger partial charge in [-0.3, -0.25) is 4.79 Å². The van der Waals surface area contributed by atoms with Crippen LogP contribution in [0.15, 0.2) is 60.7 Å². The predicted octanol–water partition coefficient (Wildman–Crippen LogP) is 3.34. The van der Waals surface area contributed by atoms with Crippen LogP contribution in [0.4, 0.5) is 17.3 Å². The molecule has 0 radical (unpaired) electrons. The first kappa shape index (κ1) is 20.7. The number of nitrogen functional groups attached to an aromatic ring is 1. The lowest BCUT2D eigenvalue weighted by Gasteiger charge is -2.08. The van der Waals surface area contributed by atoms with E-state index in [0.29, 0.717) is 35.6 Å². The summed E-state index contributed by atoms with van der Waals surface area (Å²) in [6.07, 6.45) is 3.21. The zero-order valence-electron chi connectivity index (χ0n) is 16.8. The lowest BCUT2D eigenvalue weighted by atomic mass is 10.1. The van der Waals surface area contributed by atoms with E-state index >= 15 is 0 Å². The van der Waals surface area contributed by atoms with E-state index in [1.54, 1.807) is 24.3 Å². The van der Waals surface area contributed by atoms with Crippen LogP contribution in [-0.2, 0) is 11.3 Å². The molecule has 1 heterocycles. The number of carbonyl (C=O) groups is 1. The van der Waals surface area contributed by atoms with Gasteiger partial charge in [0, 0.05) is 12.6 Å². The number of nitrogens with one attached hydrogen (secondary N) is 2. The van der Waals surface area contributed by atoms with Crippen molar-refractivity contribution in [1.29, 1.82) is 0 Å². The molecule has 30 heavy (non-hydrogen) atoms. The third-order valence-electron chi connectivity index (χ3n) is 4.17. The first-order valence-electron chi connectivity index (χ1n) is 9.21. The Hall–Kier alpha value is -4.07. The number of para-hydroxylation sites is 2. The molecular weight excluding hydrogens is 382 g/mol. The topological polar surface area (TPSA) is 111 Å². The van der Waals surface area contributed by atoms with Gasteiger partial charge in [0.2, 0.25) is 23.6 Å². The minimum atomic E-state index is -0.247. The molecule has 0 aliphatic carbocycles. The fourth-order valence-electron chi connectivity index (χ4n) is 2.58. The summed E-state index contributed by atoms with van der Waals surface area (Å²) in [4.78, 5) is 20.5. The van der Waals surface area contributed by atoms with Gasteiger partial charge in [0.25, 0.3) is 0 Å². The van der Waals surface area contributed by atoms with E-state index in [1.807, 2.05) is 36.4 Å². The molecule has 0 bridgehead atoms. The highest BCUT2D eigenvalue weighted by atomic mass is 16.5. The number of aromatic nitrogens is 2. The second kappa shape index (κ2) is 9.92. The minimum Gasteiger partial charge on any atom is -0.481 e. The Morgan fingerprint density at radius 2 is 1.70 bits per heavy atom. The maximum absolute atomic E-state index is 12.1. The summed E-state index contributed by atoms with van der Waals surface area (Å²) in [5, 5.41) is 5.89. The van der Waals surface area contributed by atoms with E-state index in [-0.39, 0.29) is 5.91 Å². The van der Waals surface area contributed by atoms with Crippen molar-refractivity contribution in [2.45, 2.75) is 6.54 Å². The molecule has 0 unspecified atom stereocenters. The summed E-state index contributed by atoms with van der Waals surface area (Å²) < 4.78 is 10.3. The molecule has 8 heteroatoms. The van der Waals surface area contributed by atoms with Gasteiger partial charge in [-0.15, -0.1) is 0 Å². The summed E-state index contributed by atoms with van der Waals surface area (Å²) in [7, 11) is 3.07. The molecule has 1 aromatic heterocycles. The van der Waals surface area contributed by atoms with E-state index in [2.05, 4.69) is 20.6 Å². The molecule has 3 rings (SSSR count). The van der Waals surface area contributed by atoms with Crippen LogP contribution in [0, 0.1) is 0 Å². The Bertz CT molecular complexity index is 1010. The second-order valence-corrected chi connectivity index (χ2v) is 6.28. The van der Waals surface area contributed by atoms with Gasteiger partial charge in [-0.2, -0.15) is 9.97 Å². The third-order valence-corrected chi connectivity index (χ3v) is 4.17. The Labute approximate surface area is 174 Å². The second-order valence-electron chi connectivity index (χ2n) is 6.28. The van der Waals surface area contributed by atoms with Gasteiger partial charge >= 0.3 is 0 Å². The zero-order valence-corrected chi connectivity index (χ0v) is 16.8. The van der Waals surface area contributed by atoms with Gasteiger partial charge in [0.05, 0.1) is 31.7 Å². The van der Waals surface area contributed by atoms with E-state index in [0.717, 1.165) is 11.1 Å². The number of anilines is 3. The molecule has 0 fully saturated rings. The highest BCUT2D eigenvalue weighted by Gasteiger charge is 2.05. The molecule has 0 aliphatic heterocycles. The summed E-state index contributed by atoms with van der Waals surface area (Å²) in [6.45, 7) is 0.522. The van der Waals surface area contributed by atoms with Crippen LogP contribution in [0.1, 0.15) is 11.1 Å². The first-order valence-corrected chi connectivity index (χ1v) is 9.21. The Morgan fingerprint density at radius 3 is 2.33 bits per heavy atom. The molecule has 154 valence electrons. The smallest absolute Gasteiger partial charge is 0.248 e. The Morgan fingerprint density at radius 1 is 1.03 bits per heavy atom. The number of nitrogens with two attached hydrogens (primary N) is 1. The molecule has 1 amide bonds. The van der Waals surface area contributed by atoms with Crippen LogP contribution >= 0.6 is 0 Å². The maximum Gasteiger partial charge on any atom is 0.248 e. The van der Waals surface area contributed by atoms with Crippen LogP contribution < -0.4 is 25.8 Å². The summed E-state index contributed by atoms with van der Waals surface area (Å²) in [6, 6.07) is 16.5. The average molecular weight is 405 g/mol. The molecule has 4 N–H and O–H groups in total. The predicted molar refractivity (Wildman–Crippen MR) is 117 cm³/mol. The molecule has 3 aromatic rings. The van der Waals surface area contributed by atoms with Crippen LogP contribution in [0.2, 0.25) is 0 Å². The SMILES string of the molecule is COc1cc(OC)nc(NCc2ccc(/C=C\C(=O)Nc3ccccc3N)cc2)n1. The van der Waals surface area contributed by atoms with Crippen molar-refractivity contribution in [1.82, 2.24) is 9.97 Å². The number of hydrogen-bond acceptors (Lipinski definition) is 7. The van der Waals surface area contributed by atoms with Crippen LogP contribution in [0.5, 0.6) is 11.8 Å². The standard InChI is InChI=1S/C22H23N5O3/c1-29-20-13-21(30-2)27-22(26-20)24-14-16-9-7-15(8-10-16)11-12-19(28)25-18-6-4-3-5-17(18)23/h3-13H,14,23H2,1-2H3,(H,25,28)(H,24,26,27)/b12-11-. The van der Waals surface area contributed by atoms with Crippen molar-refractivity contribution in [2.24, 2.45) is 0 Å². The van der Waals surface area contributed by atoms with Gasteiger partial charge in [-0.05, 0) is 29.3 Å². The van der Waals surface area contributed by atoms with E-state index in [1.165, 1.54) is 20.3 Å². The molecule has 2 aromatic carbocycles. The van der Waals surface area contributed by atoms with Crippen molar-refractivity contribution in [3.8, 4) is 11.8 Å². The molecule has 0 saturated heterocycles. The maximum atomic E-state index is 12.1. The molecule has 0 saturated carbocycles. The largest absolute Gasteiger partial charge is 0.481 e. The van der Waals surface area contributed by atoms with Gasteiger partial charge in [-0.1, -0.05) is 36.4 Å². The summed E-state index contributed by atoms with van der Waals surface area (Å²) >= 11 is 0. The van der Waals surface area contributed by atoms with E-state index in [9.17, 15) is 4.79 Å². The van der Waals surface area contributed by atoms with Gasteiger partial charge < -0.3 is 25.8 Å². The lowest BCUT2D eigenvalue weighted by Crippen LogP contribution is -2.09. The number of benzene rings is 2. The molecule has 8 nitrogen and oxygen atoms in total. The number of amides is 1. The van der Waals surface area contributed by atoms with E-state index < -0.39 is 0 Å². The van der Waals surface area contributed by atoms with Crippen molar-refractivity contribution < 1.29 is 14.3 Å². The Kier molecular flexibility index (Phi) is 6.83. The van der Waals surface area contributed by atoms with Gasteiger partial charge in [0.15, 0.2) is 0 Å². The van der Waals surface area contributed by atoms with E-state index in [4.69, 9.17) is 15.2 Å². The molecule has 0 aliphatic rings. The van der Waals surface area contributed by atoms with Crippen molar-refractivity contribution in [3.63, 3.8) is 0 Å².